The summed E-state index contributed by atoms with van der Waals surface area (Å²) in [7, 11) is 4.31. The Morgan fingerprint density at radius 3 is 2.35 bits per heavy atom. The minimum absolute atomic E-state index is 0.0485. The van der Waals surface area contributed by atoms with E-state index in [0.29, 0.717) is 31.2 Å². The van der Waals surface area contributed by atoms with Gasteiger partial charge in [0, 0.05) is 83.0 Å². The van der Waals surface area contributed by atoms with Gasteiger partial charge >= 0.3 is 0 Å². The Morgan fingerprint density at radius 1 is 0.841 bits per heavy atom. The third-order valence-corrected chi connectivity index (χ3v) is 15.5. The highest BCUT2D eigenvalue weighted by molar-refractivity contribution is 5.93. The van der Waals surface area contributed by atoms with Gasteiger partial charge in [0.05, 0.1) is 39.8 Å². The Kier molecular flexibility index (Phi) is 12.3. The topological polar surface area (TPSA) is 146 Å². The van der Waals surface area contributed by atoms with Crippen molar-refractivity contribution in [2.75, 3.05) is 79.5 Å². The molecule has 0 radical (unpaired) electrons. The molecule has 69 heavy (non-hydrogen) atoms. The number of hydrogen-bond acceptors (Lipinski definition) is 10. The number of carbonyl (C=O) groups excluding carboxylic acids is 2. The Hall–Kier alpha value is -6.45. The molecule has 3 N–H and O–H groups in total. The molecular formula is C55H63N11O3. The lowest BCUT2D eigenvalue weighted by molar-refractivity contribution is -0.139. The fraction of sp³-hybridized carbons (Fsp3) is 0.400. The summed E-state index contributed by atoms with van der Waals surface area (Å²) < 4.78 is 6.49. The smallest absolute Gasteiger partial charge is 0.245 e. The number of fused-ring (bicyclic) bond motifs is 2. The number of amides is 2. The monoisotopic (exact) mass is 926 g/mol. The molecule has 1 saturated carbocycles. The molecular weight excluding hydrogens is 863 g/mol. The average molecular weight is 926 g/mol. The molecule has 14 nitrogen and oxygen atoms in total. The number of rotatable bonds is 14. The number of H-pyrrole nitrogens is 2. The highest BCUT2D eigenvalue weighted by Crippen LogP contribution is 2.52. The Bertz CT molecular complexity index is 2970. The number of imidazole rings is 2. The first-order valence-electron chi connectivity index (χ1n) is 24.8. The summed E-state index contributed by atoms with van der Waals surface area (Å²) in [6, 6.07) is 32.3. The van der Waals surface area contributed by atoms with Crippen LogP contribution in [-0.4, -0.2) is 147 Å². The van der Waals surface area contributed by atoms with Crippen LogP contribution in [0, 0.1) is 0 Å². The summed E-state index contributed by atoms with van der Waals surface area (Å²) in [6.07, 6.45) is 5.00. The quantitative estimate of drug-likeness (QED) is 0.0937. The van der Waals surface area contributed by atoms with Crippen LogP contribution in [0.15, 0.2) is 120 Å². The summed E-state index contributed by atoms with van der Waals surface area (Å²) in [5.41, 5.74) is 7.65. The van der Waals surface area contributed by atoms with Gasteiger partial charge < -0.3 is 34.4 Å². The molecule has 6 heterocycles. The van der Waals surface area contributed by atoms with Gasteiger partial charge in [-0.05, 0) is 81.2 Å². The highest BCUT2D eigenvalue weighted by Gasteiger charge is 2.63. The zero-order valence-corrected chi connectivity index (χ0v) is 40.0. The van der Waals surface area contributed by atoms with E-state index in [1.165, 1.54) is 0 Å². The number of hydrogen-bond donors (Lipinski definition) is 3. The molecule has 4 aromatic carbocycles. The van der Waals surface area contributed by atoms with Gasteiger partial charge in [0.2, 0.25) is 17.7 Å². The standard InChI is InChI=1S/C55H63N11O3/c1-36(22-23-56-54(68)55(40-15-9-6-10-16-40)34-47(55)64-29-25-62(3)26-30-64)37(2)50-58-42-21-20-39(33-44(42)60-50)46-35-57-52(69-46)41-17-11-18-43-48(41)61-51(59-43)45-19-12-24-66(45)53(67)49(38-13-7-5-8-14-38)65-31-27-63(4)28-32-65/h5-11,13-18,20-21,33,35,37,45,47,49H,1,12,19,22-32,34H2,2-4H3,(H,56,68)(H,58,60)(H,59,61)/t37-,45-,47?,49+,55?/m0/s1. The van der Waals surface area contributed by atoms with E-state index < -0.39 is 5.41 Å². The second kappa shape index (κ2) is 18.8. The van der Waals surface area contributed by atoms with Gasteiger partial charge in [-0.1, -0.05) is 85.8 Å². The van der Waals surface area contributed by atoms with Crippen LogP contribution in [-0.2, 0) is 15.0 Å². The van der Waals surface area contributed by atoms with Gasteiger partial charge in [0.25, 0.3) is 0 Å². The third-order valence-electron chi connectivity index (χ3n) is 15.5. The maximum Gasteiger partial charge on any atom is 0.245 e. The van der Waals surface area contributed by atoms with Crippen molar-refractivity contribution in [2.24, 2.45) is 0 Å². The molecule has 1 aliphatic carbocycles. The maximum absolute atomic E-state index is 14.7. The molecule has 3 aromatic heterocycles. The van der Waals surface area contributed by atoms with E-state index in [1.54, 1.807) is 6.20 Å². The number of aromatic nitrogens is 5. The van der Waals surface area contributed by atoms with E-state index >= 15 is 0 Å². The Morgan fingerprint density at radius 2 is 1.58 bits per heavy atom. The molecule has 3 saturated heterocycles. The molecule has 0 spiro atoms. The van der Waals surface area contributed by atoms with Crippen LogP contribution < -0.4 is 5.32 Å². The second-order valence-corrected chi connectivity index (χ2v) is 19.8. The fourth-order valence-corrected chi connectivity index (χ4v) is 11.1. The van der Waals surface area contributed by atoms with Crippen LogP contribution in [0.1, 0.15) is 73.4 Å². The number of likely N-dealkylation sites (tertiary alicyclic amines) is 1. The fourth-order valence-electron chi connectivity index (χ4n) is 11.1. The molecule has 2 amide bonds. The molecule has 5 atom stereocenters. The number of aromatic amines is 2. The van der Waals surface area contributed by atoms with Gasteiger partial charge in [-0.3, -0.25) is 19.4 Å². The van der Waals surface area contributed by atoms with Crippen molar-refractivity contribution in [1.82, 2.24) is 54.7 Å². The first-order valence-corrected chi connectivity index (χ1v) is 24.8. The van der Waals surface area contributed by atoms with E-state index in [-0.39, 0.29) is 35.9 Å². The number of piperazine rings is 2. The Labute approximate surface area is 403 Å². The van der Waals surface area contributed by atoms with Crippen molar-refractivity contribution in [1.29, 1.82) is 0 Å². The average Bonchev–Trinajstić information content (AvgIpc) is 3.93. The summed E-state index contributed by atoms with van der Waals surface area (Å²) in [6.45, 7) is 15.3. The van der Waals surface area contributed by atoms with Crippen LogP contribution >= 0.6 is 0 Å². The van der Waals surface area contributed by atoms with Crippen molar-refractivity contribution < 1.29 is 14.0 Å². The summed E-state index contributed by atoms with van der Waals surface area (Å²) in [4.78, 5) is 62.3. The lowest BCUT2D eigenvalue weighted by atomic mass is 9.93. The number of nitrogens with zero attached hydrogens (tertiary/aromatic N) is 8. The van der Waals surface area contributed by atoms with Crippen LogP contribution in [0.3, 0.4) is 0 Å². The number of benzene rings is 4. The first-order chi connectivity index (χ1) is 33.6. The molecule has 11 rings (SSSR count). The molecule has 3 aliphatic heterocycles. The molecule has 0 bridgehead atoms. The predicted molar refractivity (Wildman–Crippen MR) is 269 cm³/mol. The van der Waals surface area contributed by atoms with E-state index in [1.807, 2.05) is 77.7 Å². The second-order valence-electron chi connectivity index (χ2n) is 19.8. The van der Waals surface area contributed by atoms with E-state index in [9.17, 15) is 9.59 Å². The van der Waals surface area contributed by atoms with Crippen LogP contribution in [0.25, 0.3) is 44.8 Å². The SMILES string of the molecule is C=C(CCNC(=O)C1(c2ccccc2)CC1N1CCN(C)CC1)[C@H](C)c1nc2ccc(-c3cnc(-c4cccc5[nH]c([C@@H]6CCCN6C(=O)[C@@H](c6ccccc6)N6CCN(C)CC6)nc45)o3)cc2[nH]1. The number of para-hydroxylation sites is 1. The van der Waals surface area contributed by atoms with Crippen molar-refractivity contribution in [2.45, 2.75) is 62.1 Å². The van der Waals surface area contributed by atoms with E-state index in [2.05, 4.69) is 86.7 Å². The lowest BCUT2D eigenvalue weighted by Crippen LogP contribution is -2.50. The van der Waals surface area contributed by atoms with Gasteiger partial charge in [-0.25, -0.2) is 15.0 Å². The minimum Gasteiger partial charge on any atom is -0.436 e. The van der Waals surface area contributed by atoms with E-state index in [0.717, 1.165) is 133 Å². The summed E-state index contributed by atoms with van der Waals surface area (Å²) in [5.74, 6) is 2.90. The summed E-state index contributed by atoms with van der Waals surface area (Å²) in [5, 5.41) is 3.31. The number of likely N-dealkylation sites (N-methyl/N-ethyl adjacent to an activating group) is 2. The van der Waals surface area contributed by atoms with Crippen LogP contribution in [0.2, 0.25) is 0 Å². The first kappa shape index (κ1) is 45.0. The summed E-state index contributed by atoms with van der Waals surface area (Å²) >= 11 is 0. The molecule has 356 valence electrons. The molecule has 2 unspecified atom stereocenters. The normalized spacial score (nSPS) is 22.6. The molecule has 7 aromatic rings. The van der Waals surface area contributed by atoms with Gasteiger partial charge in [0.1, 0.15) is 23.2 Å². The largest absolute Gasteiger partial charge is 0.436 e. The molecule has 14 heteroatoms. The van der Waals surface area contributed by atoms with Gasteiger partial charge in [-0.2, -0.15) is 0 Å². The molecule has 4 fully saturated rings. The third kappa shape index (κ3) is 8.68. The number of nitrogens with one attached hydrogen (secondary N) is 3. The zero-order chi connectivity index (χ0) is 47.2. The van der Waals surface area contributed by atoms with Crippen molar-refractivity contribution >= 4 is 33.9 Å². The van der Waals surface area contributed by atoms with Crippen LogP contribution in [0.5, 0.6) is 0 Å². The number of carbonyl (C=O) groups is 2. The van der Waals surface area contributed by atoms with E-state index in [4.69, 9.17) is 19.4 Å². The Balaban J connectivity index is 0.759. The van der Waals surface area contributed by atoms with Crippen molar-refractivity contribution in [3.63, 3.8) is 0 Å². The molecule has 4 aliphatic rings. The predicted octanol–water partition coefficient (Wildman–Crippen LogP) is 7.54. The van der Waals surface area contributed by atoms with Crippen LogP contribution in [0.4, 0.5) is 0 Å². The van der Waals surface area contributed by atoms with Gasteiger partial charge in [-0.15, -0.1) is 0 Å². The van der Waals surface area contributed by atoms with Crippen molar-refractivity contribution in [3.05, 3.63) is 138 Å². The number of oxazole rings is 1. The minimum atomic E-state index is -0.515. The highest BCUT2D eigenvalue weighted by atomic mass is 16.4. The van der Waals surface area contributed by atoms with Crippen molar-refractivity contribution in [3.8, 4) is 22.8 Å². The zero-order valence-electron chi connectivity index (χ0n) is 40.0. The maximum atomic E-state index is 14.7. The van der Waals surface area contributed by atoms with Gasteiger partial charge in [0.15, 0.2) is 5.76 Å². The lowest BCUT2D eigenvalue weighted by Gasteiger charge is -2.39.